The summed E-state index contributed by atoms with van der Waals surface area (Å²) in [4.78, 5) is 14.3. The first-order valence-corrected chi connectivity index (χ1v) is 8.86. The van der Waals surface area contributed by atoms with Crippen LogP contribution in [0.25, 0.3) is 0 Å². The molecule has 4 nitrogen and oxygen atoms in total. The molecule has 23 heavy (non-hydrogen) atoms. The van der Waals surface area contributed by atoms with Gasteiger partial charge in [-0.3, -0.25) is 4.79 Å². The van der Waals surface area contributed by atoms with Crippen LogP contribution in [0, 0.1) is 5.92 Å². The first-order valence-electron chi connectivity index (χ1n) is 8.86. The van der Waals surface area contributed by atoms with Gasteiger partial charge >= 0.3 is 0 Å². The third-order valence-corrected chi connectivity index (χ3v) is 5.18. The number of rotatable bonds is 5. The zero-order valence-electron chi connectivity index (χ0n) is 13.7. The number of carbonyl (C=O) groups is 1. The number of hydrogen-bond acceptors (Lipinski definition) is 3. The molecule has 126 valence electrons. The third kappa shape index (κ3) is 4.33. The van der Waals surface area contributed by atoms with Crippen LogP contribution in [-0.2, 0) is 9.53 Å². The topological polar surface area (TPSA) is 49.8 Å². The van der Waals surface area contributed by atoms with Crippen molar-refractivity contribution in [2.24, 2.45) is 5.92 Å². The molecule has 0 bridgehead atoms. The molecular formula is C19H27NO3. The summed E-state index contributed by atoms with van der Waals surface area (Å²) in [6, 6.07) is 9.84. The Morgan fingerprint density at radius 2 is 1.96 bits per heavy atom. The highest BCUT2D eigenvalue weighted by Gasteiger charge is 2.28. The van der Waals surface area contributed by atoms with Crippen molar-refractivity contribution < 1.29 is 14.6 Å². The Morgan fingerprint density at radius 3 is 2.61 bits per heavy atom. The van der Waals surface area contributed by atoms with Gasteiger partial charge in [0.2, 0.25) is 5.91 Å². The molecule has 0 aromatic heterocycles. The number of benzene rings is 1. The zero-order valence-corrected chi connectivity index (χ0v) is 13.7. The standard InChI is InChI=1S/C19H27NO3/c21-18(9-8-17-7-4-14-23-17)20-12-10-16(11-13-20)19(22)15-5-2-1-3-6-15/h1-3,5-6,16-17,19,22H,4,7-14H2. The molecule has 2 unspecified atom stereocenters. The van der Waals surface area contributed by atoms with Crippen LogP contribution in [0.4, 0.5) is 0 Å². The summed E-state index contributed by atoms with van der Waals surface area (Å²) in [5, 5.41) is 10.5. The summed E-state index contributed by atoms with van der Waals surface area (Å²) in [5.41, 5.74) is 0.982. The highest BCUT2D eigenvalue weighted by atomic mass is 16.5. The average molecular weight is 317 g/mol. The second-order valence-corrected chi connectivity index (χ2v) is 6.75. The van der Waals surface area contributed by atoms with Gasteiger partial charge in [0.05, 0.1) is 12.2 Å². The maximum absolute atomic E-state index is 12.3. The van der Waals surface area contributed by atoms with E-state index in [0.29, 0.717) is 6.42 Å². The van der Waals surface area contributed by atoms with Gasteiger partial charge in [0, 0.05) is 26.1 Å². The second kappa shape index (κ2) is 7.93. The van der Waals surface area contributed by atoms with Crippen molar-refractivity contribution >= 4 is 5.91 Å². The first-order chi connectivity index (χ1) is 11.2. The molecule has 2 atom stereocenters. The first kappa shape index (κ1) is 16.5. The van der Waals surface area contributed by atoms with E-state index in [1.165, 1.54) is 0 Å². The van der Waals surface area contributed by atoms with Crippen molar-refractivity contribution in [1.29, 1.82) is 0 Å². The van der Waals surface area contributed by atoms with Crippen LogP contribution in [0.5, 0.6) is 0 Å². The molecule has 1 N–H and O–H groups in total. The molecule has 0 saturated carbocycles. The van der Waals surface area contributed by atoms with Gasteiger partial charge in [-0.25, -0.2) is 0 Å². The van der Waals surface area contributed by atoms with Crippen molar-refractivity contribution in [3.63, 3.8) is 0 Å². The fourth-order valence-electron chi connectivity index (χ4n) is 3.70. The summed E-state index contributed by atoms with van der Waals surface area (Å²) in [7, 11) is 0. The molecule has 3 rings (SSSR count). The number of hydrogen-bond donors (Lipinski definition) is 1. The highest BCUT2D eigenvalue weighted by molar-refractivity contribution is 5.76. The molecular weight excluding hydrogens is 290 g/mol. The van der Waals surface area contributed by atoms with Crippen LogP contribution in [0.3, 0.4) is 0 Å². The van der Waals surface area contributed by atoms with Gasteiger partial charge in [0.25, 0.3) is 0 Å². The number of nitrogens with zero attached hydrogens (tertiary/aromatic N) is 1. The van der Waals surface area contributed by atoms with Crippen molar-refractivity contribution in [2.45, 2.75) is 50.7 Å². The Labute approximate surface area is 138 Å². The van der Waals surface area contributed by atoms with E-state index in [1.807, 2.05) is 35.2 Å². The van der Waals surface area contributed by atoms with Crippen LogP contribution in [0.2, 0.25) is 0 Å². The molecule has 2 fully saturated rings. The lowest BCUT2D eigenvalue weighted by Crippen LogP contribution is -2.40. The quantitative estimate of drug-likeness (QED) is 0.908. The lowest BCUT2D eigenvalue weighted by Gasteiger charge is -2.34. The number of piperidine rings is 1. The fraction of sp³-hybridized carbons (Fsp3) is 0.632. The summed E-state index contributed by atoms with van der Waals surface area (Å²) >= 11 is 0. The summed E-state index contributed by atoms with van der Waals surface area (Å²) in [5.74, 6) is 0.493. The largest absolute Gasteiger partial charge is 0.388 e. The Balaban J connectivity index is 1.43. The summed E-state index contributed by atoms with van der Waals surface area (Å²) < 4.78 is 5.58. The van der Waals surface area contributed by atoms with E-state index >= 15 is 0 Å². The smallest absolute Gasteiger partial charge is 0.222 e. The van der Waals surface area contributed by atoms with Crippen LogP contribution >= 0.6 is 0 Å². The van der Waals surface area contributed by atoms with Gasteiger partial charge in [-0.1, -0.05) is 30.3 Å². The van der Waals surface area contributed by atoms with Gasteiger partial charge in [0.1, 0.15) is 0 Å². The van der Waals surface area contributed by atoms with Gasteiger partial charge in [0.15, 0.2) is 0 Å². The molecule has 2 aliphatic rings. The number of carbonyl (C=O) groups excluding carboxylic acids is 1. The Morgan fingerprint density at radius 1 is 1.22 bits per heavy atom. The van der Waals surface area contributed by atoms with Gasteiger partial charge < -0.3 is 14.7 Å². The molecule has 2 aliphatic heterocycles. The van der Waals surface area contributed by atoms with Crippen LogP contribution in [0.1, 0.15) is 50.2 Å². The molecule has 1 amide bonds. The number of likely N-dealkylation sites (tertiary alicyclic amines) is 1. The number of ether oxygens (including phenoxy) is 1. The lowest BCUT2D eigenvalue weighted by atomic mass is 9.87. The highest BCUT2D eigenvalue weighted by Crippen LogP contribution is 2.31. The van der Waals surface area contributed by atoms with E-state index in [4.69, 9.17) is 4.74 Å². The van der Waals surface area contributed by atoms with Crippen molar-refractivity contribution in [2.75, 3.05) is 19.7 Å². The SMILES string of the molecule is O=C(CCC1CCCO1)N1CCC(C(O)c2ccccc2)CC1. The number of aliphatic hydroxyl groups is 1. The van der Waals surface area contributed by atoms with E-state index in [2.05, 4.69) is 0 Å². The van der Waals surface area contributed by atoms with Gasteiger partial charge in [-0.15, -0.1) is 0 Å². The van der Waals surface area contributed by atoms with Crippen LogP contribution < -0.4 is 0 Å². The van der Waals surface area contributed by atoms with Gasteiger partial charge in [-0.2, -0.15) is 0 Å². The van der Waals surface area contributed by atoms with Gasteiger partial charge in [-0.05, 0) is 43.6 Å². The minimum absolute atomic E-state index is 0.244. The van der Waals surface area contributed by atoms with Crippen LogP contribution in [-0.4, -0.2) is 41.7 Å². The molecule has 2 saturated heterocycles. The predicted octanol–water partition coefficient (Wildman–Crippen LogP) is 2.92. The minimum Gasteiger partial charge on any atom is -0.388 e. The van der Waals surface area contributed by atoms with Crippen molar-refractivity contribution in [1.82, 2.24) is 4.90 Å². The zero-order chi connectivity index (χ0) is 16.1. The molecule has 1 aromatic carbocycles. The second-order valence-electron chi connectivity index (χ2n) is 6.75. The molecule has 1 aromatic rings. The summed E-state index contributed by atoms with van der Waals surface area (Å²) in [6.45, 7) is 2.37. The van der Waals surface area contributed by atoms with E-state index in [9.17, 15) is 9.90 Å². The molecule has 0 aliphatic carbocycles. The Kier molecular flexibility index (Phi) is 5.68. The average Bonchev–Trinajstić information content (AvgIpc) is 3.13. The Hall–Kier alpha value is -1.39. The minimum atomic E-state index is -0.416. The monoisotopic (exact) mass is 317 g/mol. The lowest BCUT2D eigenvalue weighted by molar-refractivity contribution is -0.133. The Bertz CT molecular complexity index is 491. The van der Waals surface area contributed by atoms with E-state index < -0.39 is 6.10 Å². The van der Waals surface area contributed by atoms with Crippen molar-refractivity contribution in [3.8, 4) is 0 Å². The predicted molar refractivity (Wildman–Crippen MR) is 88.9 cm³/mol. The fourth-order valence-corrected chi connectivity index (χ4v) is 3.70. The van der Waals surface area contributed by atoms with E-state index in [1.54, 1.807) is 0 Å². The number of aliphatic hydroxyl groups excluding tert-OH is 1. The number of amides is 1. The third-order valence-electron chi connectivity index (χ3n) is 5.18. The molecule has 0 spiro atoms. The maximum Gasteiger partial charge on any atom is 0.222 e. The normalized spacial score (nSPS) is 23.9. The van der Waals surface area contributed by atoms with E-state index in [-0.39, 0.29) is 17.9 Å². The van der Waals surface area contributed by atoms with Crippen molar-refractivity contribution in [3.05, 3.63) is 35.9 Å². The molecule has 2 heterocycles. The molecule has 0 radical (unpaired) electrons. The van der Waals surface area contributed by atoms with Crippen LogP contribution in [0.15, 0.2) is 30.3 Å². The maximum atomic E-state index is 12.3. The molecule has 4 heteroatoms. The van der Waals surface area contributed by atoms with E-state index in [0.717, 1.165) is 57.4 Å². The summed E-state index contributed by atoms with van der Waals surface area (Å²) in [6.07, 6.45) is 5.29.